The third-order valence-electron chi connectivity index (χ3n) is 2.13. The SMILES string of the molecule is CCOC(=O)Nc1cc(S(F)(F)(F)(F)F)ccc1OC. The smallest absolute Gasteiger partial charge is 0.411 e. The lowest BCUT2D eigenvalue weighted by atomic mass is 10.3. The molecule has 0 bridgehead atoms. The van der Waals surface area contributed by atoms with Crippen molar-refractivity contribution in [3.05, 3.63) is 18.2 Å². The molecule has 20 heavy (non-hydrogen) atoms. The number of hydrogen-bond acceptors (Lipinski definition) is 3. The number of hydrogen-bond donors (Lipinski definition) is 1. The van der Waals surface area contributed by atoms with Crippen molar-refractivity contribution in [1.82, 2.24) is 0 Å². The van der Waals surface area contributed by atoms with Crippen LogP contribution in [0.2, 0.25) is 0 Å². The molecule has 0 atom stereocenters. The molecule has 1 amide bonds. The third-order valence-corrected chi connectivity index (χ3v) is 3.27. The highest BCUT2D eigenvalue weighted by Gasteiger charge is 2.65. The number of carbonyl (C=O) groups is 1. The van der Waals surface area contributed by atoms with E-state index in [2.05, 4.69) is 9.47 Å². The Bertz CT molecular complexity index is 531. The molecule has 0 radical (unpaired) electrons. The molecule has 0 aliphatic heterocycles. The van der Waals surface area contributed by atoms with Crippen LogP contribution >= 0.6 is 10.2 Å². The van der Waals surface area contributed by atoms with Crippen molar-refractivity contribution in [1.29, 1.82) is 0 Å². The largest absolute Gasteiger partial charge is 0.495 e. The Morgan fingerprint density at radius 1 is 1.25 bits per heavy atom. The molecular weight excluding hydrogens is 309 g/mol. The monoisotopic (exact) mass is 321 g/mol. The van der Waals surface area contributed by atoms with Crippen molar-refractivity contribution in [3.63, 3.8) is 0 Å². The maximum atomic E-state index is 12.7. The molecule has 4 nitrogen and oxygen atoms in total. The van der Waals surface area contributed by atoms with E-state index >= 15 is 0 Å². The normalized spacial score (nSPS) is 14.9. The second kappa shape index (κ2) is 4.40. The van der Waals surface area contributed by atoms with E-state index in [0.717, 1.165) is 7.11 Å². The summed E-state index contributed by atoms with van der Waals surface area (Å²) >= 11 is 0. The summed E-state index contributed by atoms with van der Waals surface area (Å²) in [6.07, 6.45) is -1.08. The second-order valence-corrected chi connectivity index (χ2v) is 6.09. The average molecular weight is 321 g/mol. The number of methoxy groups -OCH3 is 1. The molecule has 0 aliphatic carbocycles. The lowest BCUT2D eigenvalue weighted by molar-refractivity contribution is 0.167. The van der Waals surface area contributed by atoms with Crippen molar-refractivity contribution < 1.29 is 33.7 Å². The van der Waals surface area contributed by atoms with Crippen LogP contribution in [0.25, 0.3) is 0 Å². The van der Waals surface area contributed by atoms with Crippen LogP contribution in [-0.2, 0) is 4.74 Å². The molecule has 0 aromatic heterocycles. The summed E-state index contributed by atoms with van der Waals surface area (Å²) in [6.45, 7) is 1.44. The van der Waals surface area contributed by atoms with E-state index in [-0.39, 0.29) is 24.5 Å². The fourth-order valence-corrected chi connectivity index (χ4v) is 1.97. The molecule has 0 saturated heterocycles. The van der Waals surface area contributed by atoms with E-state index in [1.807, 2.05) is 5.32 Å². The molecule has 0 heterocycles. The number of rotatable bonds is 4. The van der Waals surface area contributed by atoms with Crippen LogP contribution in [0, 0.1) is 0 Å². The summed E-state index contributed by atoms with van der Waals surface area (Å²) in [6, 6.07) is 0.989. The van der Waals surface area contributed by atoms with Gasteiger partial charge in [-0.3, -0.25) is 5.32 Å². The maximum absolute atomic E-state index is 12.7. The van der Waals surface area contributed by atoms with Crippen molar-refractivity contribution in [3.8, 4) is 5.75 Å². The van der Waals surface area contributed by atoms with E-state index in [1.165, 1.54) is 6.92 Å². The first-order chi connectivity index (χ1) is 8.87. The summed E-state index contributed by atoms with van der Waals surface area (Å²) in [5, 5.41) is 1.91. The minimum absolute atomic E-state index is 0.0323. The third kappa shape index (κ3) is 4.15. The number of nitrogens with one attached hydrogen (secondary N) is 1. The molecule has 0 spiro atoms. The van der Waals surface area contributed by atoms with Crippen molar-refractivity contribution in [2.45, 2.75) is 11.8 Å². The molecule has 1 aromatic carbocycles. The van der Waals surface area contributed by atoms with Crippen LogP contribution in [0.4, 0.5) is 29.9 Å². The van der Waals surface area contributed by atoms with E-state index in [0.29, 0.717) is 6.07 Å². The summed E-state index contributed by atoms with van der Waals surface area (Å²) in [4.78, 5) is 9.03. The standard InChI is InChI=1S/C10H12F5NO3S/c1-3-19-10(17)16-8-6-7(4-5-9(8)18-2)20(11,12,13,14)15/h4-6H,3H2,1-2H3,(H,16,17). The minimum atomic E-state index is -9.83. The number of anilines is 1. The Labute approximate surface area is 111 Å². The molecule has 0 saturated carbocycles. The Morgan fingerprint density at radius 3 is 2.30 bits per heavy atom. The second-order valence-electron chi connectivity index (χ2n) is 3.68. The predicted octanol–water partition coefficient (Wildman–Crippen LogP) is 4.92. The van der Waals surface area contributed by atoms with Crippen molar-refractivity contribution in [2.24, 2.45) is 0 Å². The summed E-state index contributed by atoms with van der Waals surface area (Å²) < 4.78 is 72.5. The van der Waals surface area contributed by atoms with E-state index in [9.17, 15) is 24.2 Å². The molecule has 0 fully saturated rings. The van der Waals surface area contributed by atoms with Crippen LogP contribution in [-0.4, -0.2) is 19.8 Å². The number of ether oxygens (including phenoxy) is 2. The Kier molecular flexibility index (Phi) is 3.60. The number of carbonyl (C=O) groups excluding carboxylic acids is 1. The summed E-state index contributed by atoms with van der Waals surface area (Å²) in [7, 11) is -8.71. The van der Waals surface area contributed by atoms with Gasteiger partial charge in [-0.05, 0) is 25.1 Å². The van der Waals surface area contributed by atoms with Crippen molar-refractivity contribution in [2.75, 3.05) is 19.0 Å². The molecule has 1 N–H and O–H groups in total. The van der Waals surface area contributed by atoms with Crippen molar-refractivity contribution >= 4 is 22.0 Å². The zero-order valence-electron chi connectivity index (χ0n) is 10.5. The lowest BCUT2D eigenvalue weighted by Crippen LogP contribution is -2.15. The lowest BCUT2D eigenvalue weighted by Gasteiger charge is -2.40. The van der Waals surface area contributed by atoms with Crippen LogP contribution in [0.1, 0.15) is 6.92 Å². The first-order valence-electron chi connectivity index (χ1n) is 5.23. The Balaban J connectivity index is 3.27. The van der Waals surface area contributed by atoms with Gasteiger partial charge in [0.15, 0.2) is 0 Å². The predicted molar refractivity (Wildman–Crippen MR) is 65.0 cm³/mol. The zero-order valence-corrected chi connectivity index (χ0v) is 11.3. The van der Waals surface area contributed by atoms with Crippen LogP contribution in [0.5, 0.6) is 5.75 Å². The summed E-state index contributed by atoms with van der Waals surface area (Å²) in [5.74, 6) is -0.205. The van der Waals surface area contributed by atoms with Gasteiger partial charge < -0.3 is 9.47 Å². The van der Waals surface area contributed by atoms with Gasteiger partial charge in [0, 0.05) is 0 Å². The molecule has 10 heteroatoms. The number of benzene rings is 1. The molecule has 116 valence electrons. The van der Waals surface area contributed by atoms with Gasteiger partial charge in [-0.25, -0.2) is 4.79 Å². The van der Waals surface area contributed by atoms with Gasteiger partial charge in [0.05, 0.1) is 19.4 Å². The van der Waals surface area contributed by atoms with Crippen LogP contribution in [0.15, 0.2) is 23.1 Å². The highest BCUT2D eigenvalue weighted by molar-refractivity contribution is 8.45. The Morgan fingerprint density at radius 2 is 1.85 bits per heavy atom. The highest BCUT2D eigenvalue weighted by Crippen LogP contribution is 3.02. The first kappa shape index (κ1) is 16.3. The van der Waals surface area contributed by atoms with Crippen LogP contribution in [0.3, 0.4) is 0 Å². The van der Waals surface area contributed by atoms with Gasteiger partial charge >= 0.3 is 16.3 Å². The quantitative estimate of drug-likeness (QED) is 0.801. The maximum Gasteiger partial charge on any atom is 0.411 e. The highest BCUT2D eigenvalue weighted by atomic mass is 32.5. The van der Waals surface area contributed by atoms with Gasteiger partial charge in [-0.15, -0.1) is 0 Å². The molecule has 1 rings (SSSR count). The average Bonchev–Trinajstić information content (AvgIpc) is 2.26. The number of halogens is 5. The molecule has 0 aliphatic rings. The topological polar surface area (TPSA) is 47.6 Å². The van der Waals surface area contributed by atoms with Crippen LogP contribution < -0.4 is 10.1 Å². The fraction of sp³-hybridized carbons (Fsp3) is 0.300. The number of amides is 1. The van der Waals surface area contributed by atoms with E-state index in [4.69, 9.17) is 0 Å². The van der Waals surface area contributed by atoms with E-state index in [1.54, 1.807) is 0 Å². The summed E-state index contributed by atoms with van der Waals surface area (Å²) in [5.41, 5.74) is -0.559. The fourth-order valence-electron chi connectivity index (χ4n) is 1.30. The zero-order chi connectivity index (χ0) is 15.7. The van der Waals surface area contributed by atoms with Gasteiger partial charge in [0.2, 0.25) is 0 Å². The van der Waals surface area contributed by atoms with Gasteiger partial charge in [0.25, 0.3) is 0 Å². The van der Waals surface area contributed by atoms with Gasteiger partial charge in [0.1, 0.15) is 10.6 Å². The molecular formula is C10H12F5NO3S. The minimum Gasteiger partial charge on any atom is -0.495 e. The van der Waals surface area contributed by atoms with E-state index < -0.39 is 26.9 Å². The Hall–Kier alpha value is -1.71. The molecule has 0 unspecified atom stereocenters. The molecule has 1 aromatic rings. The van der Waals surface area contributed by atoms with Gasteiger partial charge in [-0.1, -0.05) is 19.4 Å². The van der Waals surface area contributed by atoms with Gasteiger partial charge in [-0.2, -0.15) is 0 Å². The first-order valence-corrected chi connectivity index (χ1v) is 7.18.